The standard InChI is InChI=1S/C32H11F10N5/c1-9-28(44)14-6-10(16-18(33)22(37)26(41)23(38)19(16)34)3-5-13(14)30(9)47-32-29(45)12-4-2-11(7-15(12)31(32)46-8-43)17-20(35)24(39)27(42)25(40)21(17)36/h2-7,45H,1,44H2. The number of hydrogen-bond acceptors (Lipinski definition) is 5. The Labute approximate surface area is 254 Å². The summed E-state index contributed by atoms with van der Waals surface area (Å²) in [4.78, 5) is 8.04. The predicted molar refractivity (Wildman–Crippen MR) is 145 cm³/mol. The van der Waals surface area contributed by atoms with Crippen LogP contribution in [-0.4, -0.2) is 0 Å². The highest BCUT2D eigenvalue weighted by Crippen LogP contribution is 2.33. The lowest BCUT2D eigenvalue weighted by Gasteiger charge is -2.08. The zero-order valence-corrected chi connectivity index (χ0v) is 22.9. The van der Waals surface area contributed by atoms with Gasteiger partial charge in [-0.3, -0.25) is 5.41 Å². The molecule has 1 aliphatic carbocycles. The van der Waals surface area contributed by atoms with Gasteiger partial charge in [-0.25, -0.2) is 48.9 Å². The van der Waals surface area contributed by atoms with E-state index in [2.05, 4.69) is 16.6 Å². The van der Waals surface area contributed by atoms with Crippen LogP contribution in [0.1, 0.15) is 0 Å². The Morgan fingerprint density at radius 1 is 0.617 bits per heavy atom. The van der Waals surface area contributed by atoms with E-state index in [0.29, 0.717) is 0 Å². The molecular formula is C32H11F10N5. The maximum absolute atomic E-state index is 14.6. The fraction of sp³-hybridized carbons (Fsp3) is 0. The van der Waals surface area contributed by atoms with Gasteiger partial charge in [0.25, 0.3) is 0 Å². The molecule has 6 rings (SSSR count). The number of nitrogens with zero attached hydrogens (tertiary/aromatic N) is 3. The summed E-state index contributed by atoms with van der Waals surface area (Å²) >= 11 is 0. The monoisotopic (exact) mass is 655 g/mol. The summed E-state index contributed by atoms with van der Waals surface area (Å²) in [6, 6.07) is 6.33. The minimum atomic E-state index is -2.36. The minimum absolute atomic E-state index is 0.00779. The van der Waals surface area contributed by atoms with Crippen LogP contribution in [-0.2, 0) is 0 Å². The van der Waals surface area contributed by atoms with E-state index in [1.807, 2.05) is 0 Å². The highest BCUT2D eigenvalue weighted by molar-refractivity contribution is 5.90. The molecule has 15 heteroatoms. The largest absolute Gasteiger partial charge is 0.398 e. The smallest absolute Gasteiger partial charge is 0.206 e. The first-order valence-corrected chi connectivity index (χ1v) is 12.9. The lowest BCUT2D eigenvalue weighted by Crippen LogP contribution is -2.33. The van der Waals surface area contributed by atoms with Crippen molar-refractivity contribution in [1.82, 2.24) is 0 Å². The van der Waals surface area contributed by atoms with Gasteiger partial charge >= 0.3 is 0 Å². The number of halogens is 10. The first-order valence-electron chi connectivity index (χ1n) is 12.9. The van der Waals surface area contributed by atoms with Crippen molar-refractivity contribution < 1.29 is 43.9 Å². The first kappa shape index (κ1) is 31.0. The maximum Gasteiger partial charge on any atom is 0.206 e. The normalized spacial score (nSPS) is 13.7. The number of benzene rings is 4. The van der Waals surface area contributed by atoms with Gasteiger partial charge in [-0.2, -0.15) is 10.3 Å². The van der Waals surface area contributed by atoms with Gasteiger partial charge in [0.05, 0.1) is 22.2 Å². The van der Waals surface area contributed by atoms with Gasteiger partial charge in [0, 0.05) is 32.5 Å². The molecule has 0 aliphatic heterocycles. The molecule has 0 fully saturated rings. The van der Waals surface area contributed by atoms with Gasteiger partial charge < -0.3 is 5.73 Å². The minimum Gasteiger partial charge on any atom is -0.398 e. The molecule has 234 valence electrons. The van der Waals surface area contributed by atoms with Crippen LogP contribution >= 0.6 is 0 Å². The molecule has 5 nitrogen and oxygen atoms in total. The highest BCUT2D eigenvalue weighted by atomic mass is 19.2. The summed E-state index contributed by atoms with van der Waals surface area (Å²) in [5.74, 6) is -21.8. The fourth-order valence-corrected chi connectivity index (χ4v) is 5.30. The number of nitrogens with two attached hydrogens (primary N) is 1. The third kappa shape index (κ3) is 4.36. The maximum atomic E-state index is 14.6. The van der Waals surface area contributed by atoms with Gasteiger partial charge in [0.1, 0.15) is 10.7 Å². The Morgan fingerprint density at radius 3 is 1.60 bits per heavy atom. The van der Waals surface area contributed by atoms with Crippen molar-refractivity contribution in [2.24, 2.45) is 15.7 Å². The first-order chi connectivity index (χ1) is 22.2. The summed E-state index contributed by atoms with van der Waals surface area (Å²) in [5, 5.41) is 17.1. The zero-order chi connectivity index (χ0) is 34.2. The van der Waals surface area contributed by atoms with E-state index in [-0.39, 0.29) is 54.2 Å². The van der Waals surface area contributed by atoms with Gasteiger partial charge in [-0.05, 0) is 23.3 Å². The Hall–Kier alpha value is -6.04. The highest BCUT2D eigenvalue weighted by Gasteiger charge is 2.29. The predicted octanol–water partition coefficient (Wildman–Crippen LogP) is 4.65. The zero-order valence-electron chi connectivity index (χ0n) is 22.9. The van der Waals surface area contributed by atoms with E-state index in [0.717, 1.165) is 30.3 Å². The number of rotatable bonds is 3. The van der Waals surface area contributed by atoms with Crippen molar-refractivity contribution >= 4 is 22.2 Å². The molecule has 3 N–H and O–H groups in total. The summed E-state index contributed by atoms with van der Waals surface area (Å²) in [6.07, 6.45) is 1.49. The van der Waals surface area contributed by atoms with Crippen molar-refractivity contribution in [3.05, 3.63) is 133 Å². The summed E-state index contributed by atoms with van der Waals surface area (Å²) in [5.41, 5.74) is 2.54. The van der Waals surface area contributed by atoms with E-state index in [1.165, 1.54) is 12.3 Å². The van der Waals surface area contributed by atoms with Gasteiger partial charge in [-0.15, -0.1) is 0 Å². The Bertz CT molecular complexity index is 2590. The summed E-state index contributed by atoms with van der Waals surface area (Å²) in [6.45, 7) is 3.81. The van der Waals surface area contributed by atoms with E-state index < -0.39 is 80.4 Å². The molecular weight excluding hydrogens is 644 g/mol. The van der Waals surface area contributed by atoms with Crippen molar-refractivity contribution in [3.63, 3.8) is 0 Å². The number of hydrogen-bond donors (Lipinski definition) is 2. The van der Waals surface area contributed by atoms with E-state index in [4.69, 9.17) is 11.1 Å². The third-order valence-corrected chi connectivity index (χ3v) is 7.56. The average molecular weight is 655 g/mol. The second-order valence-electron chi connectivity index (χ2n) is 10.0. The average Bonchev–Trinajstić information content (AvgIpc) is 3.45. The van der Waals surface area contributed by atoms with Gasteiger partial charge in [-0.1, -0.05) is 30.8 Å². The lowest BCUT2D eigenvalue weighted by molar-refractivity contribution is 0.381. The molecule has 0 unspecified atom stereocenters. The van der Waals surface area contributed by atoms with Crippen molar-refractivity contribution in [2.75, 3.05) is 0 Å². The Balaban J connectivity index is 1.63. The molecule has 0 atom stereocenters. The van der Waals surface area contributed by atoms with Crippen LogP contribution in [0.5, 0.6) is 0 Å². The Kier molecular flexibility index (Phi) is 7.11. The van der Waals surface area contributed by atoms with Crippen LogP contribution in [0.3, 0.4) is 0 Å². The van der Waals surface area contributed by atoms with Gasteiger partial charge in [0.15, 0.2) is 46.5 Å². The lowest BCUT2D eigenvalue weighted by atomic mass is 10.0. The molecule has 0 radical (unpaired) electrons. The molecule has 5 aromatic carbocycles. The molecule has 47 heavy (non-hydrogen) atoms. The quantitative estimate of drug-likeness (QED) is 0.128. The second-order valence-corrected chi connectivity index (χ2v) is 10.0. The van der Waals surface area contributed by atoms with Crippen LogP contribution in [0.2, 0.25) is 0 Å². The summed E-state index contributed by atoms with van der Waals surface area (Å²) in [7, 11) is 0. The van der Waals surface area contributed by atoms with Crippen LogP contribution in [0.25, 0.3) is 44.4 Å². The molecule has 0 bridgehead atoms. The van der Waals surface area contributed by atoms with Crippen molar-refractivity contribution in [3.8, 4) is 28.4 Å². The molecule has 0 saturated heterocycles. The molecule has 0 saturated carbocycles. The molecule has 1 aliphatic rings. The number of fused-ring (bicyclic) bond motifs is 2. The Morgan fingerprint density at radius 2 is 1.09 bits per heavy atom. The molecule has 0 spiro atoms. The van der Waals surface area contributed by atoms with Crippen molar-refractivity contribution in [2.45, 2.75) is 0 Å². The van der Waals surface area contributed by atoms with E-state index in [1.54, 1.807) is 0 Å². The van der Waals surface area contributed by atoms with Crippen LogP contribution < -0.4 is 32.2 Å². The number of nitrogens with one attached hydrogen (secondary N) is 1. The topological polar surface area (TPSA) is 98.4 Å². The SMILES string of the molecule is C=C1C(N)=c2cc(-c3c(F)c(F)c(F)c(F)c3F)ccc2=C1N=c1c(=N)c2ccc(-c3c(F)c(F)c(F)c(F)c3F)cc2c1=NC#N. The van der Waals surface area contributed by atoms with E-state index >= 15 is 0 Å². The molecule has 0 heterocycles. The molecule has 5 aromatic rings. The van der Waals surface area contributed by atoms with Crippen LogP contribution in [0, 0.1) is 75.0 Å². The molecule has 0 aromatic heterocycles. The third-order valence-electron chi connectivity index (χ3n) is 7.56. The number of nitriles is 1. The fourth-order valence-electron chi connectivity index (χ4n) is 5.30. The van der Waals surface area contributed by atoms with Gasteiger partial charge in [0.2, 0.25) is 17.8 Å². The van der Waals surface area contributed by atoms with Crippen LogP contribution in [0.15, 0.2) is 58.5 Å². The molecule has 0 amide bonds. The van der Waals surface area contributed by atoms with Crippen molar-refractivity contribution in [1.29, 1.82) is 10.7 Å². The van der Waals surface area contributed by atoms with E-state index in [9.17, 15) is 49.2 Å². The summed E-state index contributed by atoms with van der Waals surface area (Å²) < 4.78 is 141. The van der Waals surface area contributed by atoms with Crippen LogP contribution in [0.4, 0.5) is 43.9 Å². The second kappa shape index (κ2) is 10.8.